The minimum atomic E-state index is -0.885. The van der Waals surface area contributed by atoms with Crippen LogP contribution in [-0.2, 0) is 19.1 Å². The van der Waals surface area contributed by atoms with Gasteiger partial charge in [-0.15, -0.1) is 0 Å². The van der Waals surface area contributed by atoms with E-state index in [0.717, 1.165) is 0 Å². The Morgan fingerprint density at radius 3 is 2.47 bits per heavy atom. The molecular weight excluding hydrogens is 469 g/mol. The van der Waals surface area contributed by atoms with Crippen molar-refractivity contribution in [1.82, 2.24) is 5.32 Å². The molecule has 102 valence electrons. The number of carbonyl (C=O) groups excluding carboxylic acids is 3. The first-order chi connectivity index (χ1) is 7.51. The van der Waals surface area contributed by atoms with Gasteiger partial charge in [0.2, 0.25) is 0 Å². The van der Waals surface area contributed by atoms with Gasteiger partial charge in [-0.3, -0.25) is 4.79 Å². The Morgan fingerprint density at radius 2 is 2.06 bits per heavy atom. The fourth-order valence-corrected chi connectivity index (χ4v) is 0.993. The Hall–Kier alpha value is -2.72. The minimum Gasteiger partial charge on any atom is -0.520 e. The largest absolute Gasteiger partial charge is 0.520 e. The Bertz CT molecular complexity index is 281. The molecule has 0 saturated carbocycles. The Balaban J connectivity index is 0. The molecule has 0 heterocycles. The quantitative estimate of drug-likeness (QED) is 0.219. The van der Waals surface area contributed by atoms with E-state index >= 15 is 0 Å². The molecule has 0 aliphatic heterocycles. The van der Waals surface area contributed by atoms with Crippen molar-refractivity contribution in [1.29, 1.82) is 5.41 Å². The van der Waals surface area contributed by atoms with E-state index in [4.69, 9.17) is 10.1 Å². The summed E-state index contributed by atoms with van der Waals surface area (Å²) in [6.45, 7) is 3.37. The van der Waals surface area contributed by atoms with Crippen molar-refractivity contribution < 1.29 is 19.1 Å². The average Bonchev–Trinajstić information content (AvgIpc) is 2.22. The molecule has 1 atom stereocenters. The van der Waals surface area contributed by atoms with Gasteiger partial charge >= 0.3 is 5.97 Å². The number of ether oxygens (including phenoxy) is 1. The Kier molecular flexibility index (Phi) is 8.43. The maximum Gasteiger partial charge on any atom is 0.326 e. The molecule has 0 aliphatic carbocycles. The van der Waals surface area contributed by atoms with Gasteiger partial charge in [-0.25, -0.2) is 4.79 Å². The molecule has 0 bridgehead atoms. The molecule has 7 heteroatoms. The van der Waals surface area contributed by atoms with Gasteiger partial charge in [0.25, 0.3) is 0 Å². The van der Waals surface area contributed by atoms with Crippen molar-refractivity contribution >= 4 is 24.4 Å². The van der Waals surface area contributed by atoms with E-state index in [-0.39, 0.29) is 18.9 Å². The van der Waals surface area contributed by atoms with Crippen LogP contribution in [0.4, 0.5) is 0 Å². The van der Waals surface area contributed by atoms with Gasteiger partial charge in [-0.1, -0.05) is 0 Å². The molecule has 0 spiro atoms. The van der Waals surface area contributed by atoms with E-state index in [2.05, 4.69) is 5.32 Å². The van der Waals surface area contributed by atoms with E-state index in [1.807, 2.05) is 0 Å². The molecule has 0 aromatic carbocycles. The van der Waals surface area contributed by atoms with E-state index in [0.29, 0.717) is 6.21 Å². The molecule has 0 aromatic rings. The van der Waals surface area contributed by atoms with Gasteiger partial charge in [-0.2, -0.15) is 6.41 Å². The number of hydrogen-bond acceptors (Lipinski definition) is 5. The van der Waals surface area contributed by atoms with Crippen LogP contribution in [0.5, 0.6) is 0 Å². The van der Waals surface area contributed by atoms with Gasteiger partial charge in [-0.05, 0) is 20.3 Å². The zero-order valence-corrected chi connectivity index (χ0v) is 12.0. The third kappa shape index (κ3) is 7.24. The molecule has 6 nitrogen and oxygen atoms in total. The summed E-state index contributed by atoms with van der Waals surface area (Å²) < 4.78 is 4.88. The predicted molar refractivity (Wildman–Crippen MR) is 56.9 cm³/mol. The van der Waals surface area contributed by atoms with E-state index in [1.54, 1.807) is 13.8 Å². The molecule has 0 radical (unpaired) electrons. The van der Waals surface area contributed by atoms with Crippen LogP contribution < -0.4 is 5.32 Å². The third-order valence-corrected chi connectivity index (χ3v) is 1.71. The third-order valence-electron chi connectivity index (χ3n) is 1.71. The van der Waals surface area contributed by atoms with Crippen LogP contribution in [0, 0.1) is 5.41 Å². The zero-order valence-electron chi connectivity index (χ0n) is 9.57. The van der Waals surface area contributed by atoms with Gasteiger partial charge < -0.3 is 20.3 Å². The number of ketones is 1. The number of esters is 1. The number of hydrogen-bond donors (Lipinski definition) is 2. The van der Waals surface area contributed by atoms with Crippen molar-refractivity contribution in [3.63, 3.8) is 0 Å². The molecule has 0 aromatic heterocycles. The van der Waals surface area contributed by atoms with Crippen LogP contribution in [0.2, 0.25) is 0 Å². The van der Waals surface area contributed by atoms with Gasteiger partial charge in [0.05, 0.1) is 18.4 Å². The van der Waals surface area contributed by atoms with Gasteiger partial charge in [0.15, 0.2) is 5.78 Å². The first kappa shape index (κ1) is 16.7. The molecule has 17 heavy (non-hydrogen) atoms. The van der Waals surface area contributed by atoms with Crippen LogP contribution in [0.25, 0.3) is 0 Å². The fraction of sp³-hybridized carbons (Fsp3) is 0.600. The summed E-state index contributed by atoms with van der Waals surface area (Å²) in [6, 6.07) is -0.885. The van der Waals surface area contributed by atoms with Crippen molar-refractivity contribution in [2.45, 2.75) is 38.8 Å². The Morgan fingerprint density at radius 1 is 1.47 bits per heavy atom. The number of Topliss-reactive ketones (excluding diaryl/α,β-unsaturated/α-hetero) is 1. The van der Waals surface area contributed by atoms with Crippen LogP contribution in [-0.4, -0.2) is 36.5 Å². The minimum absolute atomic E-state index is 0. The van der Waals surface area contributed by atoms with Crippen molar-refractivity contribution in [3.8, 4) is 0 Å². The second kappa shape index (κ2) is 8.58. The second-order valence-electron chi connectivity index (χ2n) is 3.43. The van der Waals surface area contributed by atoms with E-state index in [1.165, 1.54) is 6.41 Å². The monoisotopic (exact) mass is 484 g/mol. The van der Waals surface area contributed by atoms with Crippen LogP contribution >= 0.6 is 0 Å². The van der Waals surface area contributed by atoms with Crippen molar-refractivity contribution in [2.24, 2.45) is 0 Å². The number of rotatable bonds is 8. The normalized spacial score (nSPS) is 11.0. The van der Waals surface area contributed by atoms with E-state index in [9.17, 15) is 14.4 Å². The second-order valence-corrected chi connectivity index (χ2v) is 3.43. The number of carbonyl (C=O) groups is 2. The Labute approximate surface area is 93.9 Å². The maximum absolute atomic E-state index is 11.4. The summed E-state index contributed by atoms with van der Waals surface area (Å²) in [6.07, 6.45) is 1.90. The average molecular weight is 484 g/mol. The molecule has 1 unspecified atom stereocenters. The summed E-state index contributed by atoms with van der Waals surface area (Å²) in [7, 11) is 0. The van der Waals surface area contributed by atoms with Crippen LogP contribution in [0.15, 0.2) is 0 Å². The van der Waals surface area contributed by atoms with Gasteiger partial charge in [0.1, 0.15) is 0 Å². The summed E-state index contributed by atoms with van der Waals surface area (Å²) in [5, 5.41) is 8.85. The molecule has 2 N–H and O–H groups in total. The summed E-state index contributed by atoms with van der Waals surface area (Å²) >= 11 is 0. The maximum atomic E-state index is 11.4. The SMILES string of the molecule is CC(C)OC(=O)C(CCC(=O)C=N)N[C-]=O.[Fm]. The smallest absolute Gasteiger partial charge is 0.326 e. The van der Waals surface area contributed by atoms with Crippen molar-refractivity contribution in [2.75, 3.05) is 0 Å². The van der Waals surface area contributed by atoms with E-state index < -0.39 is 17.8 Å². The first-order valence-electron chi connectivity index (χ1n) is 4.87. The van der Waals surface area contributed by atoms with Crippen molar-refractivity contribution in [3.05, 3.63) is 0 Å². The standard InChI is InChI=1S/C10H15N2O4.Fm/c1-7(2)16-10(15)9(12-6-13)4-3-8(14)5-11;/h5,7,9,11H,3-4H2,1-2H3,(H,12,13);/q-1;. The summed E-state index contributed by atoms with van der Waals surface area (Å²) in [4.78, 5) is 32.4. The molecule has 0 saturated heterocycles. The molecular formula is C10H15FmN2O4-. The van der Waals surface area contributed by atoms with Crippen LogP contribution in [0.1, 0.15) is 26.7 Å². The number of amides is 1. The summed E-state index contributed by atoms with van der Waals surface area (Å²) in [5.41, 5.74) is 0. The topological polar surface area (TPSA) is 96.3 Å². The fourth-order valence-electron chi connectivity index (χ4n) is 0.993. The molecule has 1 amide bonds. The molecule has 0 aliphatic rings. The summed E-state index contributed by atoms with van der Waals surface area (Å²) in [5.74, 6) is -1.01. The zero-order chi connectivity index (χ0) is 12.6. The number of nitrogens with one attached hydrogen (secondary N) is 2. The molecule has 0 fully saturated rings. The first-order valence-corrected chi connectivity index (χ1v) is 4.87. The predicted octanol–water partition coefficient (Wildman–Crippen LogP) is -0.0377. The van der Waals surface area contributed by atoms with Gasteiger partial charge in [0, 0.05) is 6.42 Å². The molecule has 0 rings (SSSR count). The van der Waals surface area contributed by atoms with Crippen LogP contribution in [0.3, 0.4) is 0 Å².